The minimum absolute atomic E-state index is 0.226. The van der Waals surface area contributed by atoms with Crippen molar-refractivity contribution in [3.8, 4) is 0 Å². The van der Waals surface area contributed by atoms with Crippen molar-refractivity contribution in [3.05, 3.63) is 47.5 Å². The van der Waals surface area contributed by atoms with Crippen LogP contribution in [0.15, 0.2) is 36.7 Å². The summed E-state index contributed by atoms with van der Waals surface area (Å²) in [4.78, 5) is 15.3. The molecule has 1 fully saturated rings. The third kappa shape index (κ3) is 2.87. The Morgan fingerprint density at radius 3 is 2.65 bits per heavy atom. The van der Waals surface area contributed by atoms with Crippen molar-refractivity contribution in [2.45, 2.75) is 6.54 Å². The number of hydrogen-bond donors (Lipinski definition) is 0. The van der Waals surface area contributed by atoms with Crippen LogP contribution >= 0.6 is 11.6 Å². The number of fused-ring (bicyclic) bond motifs is 1. The number of anilines is 1. The highest BCUT2D eigenvalue weighted by molar-refractivity contribution is 6.28. The highest BCUT2D eigenvalue weighted by atomic mass is 35.5. The monoisotopic (exact) mass is 329 g/mol. The zero-order chi connectivity index (χ0) is 15.6. The maximum atomic E-state index is 6.08. The van der Waals surface area contributed by atoms with Crippen LogP contribution in [0, 0.1) is 0 Å². The van der Waals surface area contributed by atoms with E-state index in [0.717, 1.165) is 31.0 Å². The molecule has 0 atom stereocenters. The molecule has 1 saturated heterocycles. The van der Waals surface area contributed by atoms with Crippen molar-refractivity contribution in [2.24, 2.45) is 0 Å². The molecule has 1 aliphatic rings. The topological polar surface area (TPSA) is 56.1 Å². The number of benzene rings is 1. The second-order valence-corrected chi connectivity index (χ2v) is 5.78. The molecule has 3 aromatic rings. The molecule has 3 heterocycles. The average molecular weight is 330 g/mol. The first-order valence-corrected chi connectivity index (χ1v) is 7.94. The standard InChI is InChI=1S/C16H16ClN5O/c17-16-19-14-13(15(20-16)21-6-8-23-9-7-21)22(11-18-14)10-12-4-2-1-3-5-12/h1-5,11H,6-10H2. The molecule has 1 aromatic carbocycles. The lowest BCUT2D eigenvalue weighted by Gasteiger charge is -2.28. The smallest absolute Gasteiger partial charge is 0.226 e. The lowest BCUT2D eigenvalue weighted by Crippen LogP contribution is -2.37. The Bertz CT molecular complexity index is 814. The fraction of sp³-hybridized carbons (Fsp3) is 0.312. The number of ether oxygens (including phenoxy) is 1. The second-order valence-electron chi connectivity index (χ2n) is 5.45. The molecular formula is C16H16ClN5O. The number of nitrogens with zero attached hydrogens (tertiary/aromatic N) is 5. The molecule has 6 nitrogen and oxygen atoms in total. The van der Waals surface area contributed by atoms with Crippen LogP contribution in [0.1, 0.15) is 5.56 Å². The highest BCUT2D eigenvalue weighted by Gasteiger charge is 2.20. The van der Waals surface area contributed by atoms with E-state index in [1.54, 1.807) is 6.33 Å². The number of halogens is 1. The molecule has 0 saturated carbocycles. The summed E-state index contributed by atoms with van der Waals surface area (Å²) in [5.74, 6) is 0.830. The van der Waals surface area contributed by atoms with Gasteiger partial charge in [0.1, 0.15) is 5.52 Å². The van der Waals surface area contributed by atoms with E-state index in [0.29, 0.717) is 18.9 Å². The van der Waals surface area contributed by atoms with Crippen LogP contribution in [-0.2, 0) is 11.3 Å². The third-order valence-corrected chi connectivity index (χ3v) is 4.10. The largest absolute Gasteiger partial charge is 0.378 e. The Morgan fingerprint density at radius 1 is 1.09 bits per heavy atom. The number of hydrogen-bond acceptors (Lipinski definition) is 5. The van der Waals surface area contributed by atoms with Gasteiger partial charge in [-0.05, 0) is 17.2 Å². The highest BCUT2D eigenvalue weighted by Crippen LogP contribution is 2.26. The third-order valence-electron chi connectivity index (χ3n) is 3.93. The van der Waals surface area contributed by atoms with Crippen LogP contribution in [0.2, 0.25) is 5.28 Å². The summed E-state index contributed by atoms with van der Waals surface area (Å²) >= 11 is 6.08. The maximum Gasteiger partial charge on any atom is 0.226 e. The number of imidazole rings is 1. The van der Waals surface area contributed by atoms with Gasteiger partial charge in [-0.15, -0.1) is 0 Å². The molecule has 7 heteroatoms. The zero-order valence-electron chi connectivity index (χ0n) is 12.5. The first kappa shape index (κ1) is 14.4. The van der Waals surface area contributed by atoms with Gasteiger partial charge in [0.05, 0.1) is 19.5 Å². The van der Waals surface area contributed by atoms with Crippen LogP contribution in [0.4, 0.5) is 5.82 Å². The maximum absolute atomic E-state index is 6.08. The van der Waals surface area contributed by atoms with Gasteiger partial charge < -0.3 is 14.2 Å². The minimum Gasteiger partial charge on any atom is -0.378 e. The van der Waals surface area contributed by atoms with Gasteiger partial charge in [0.2, 0.25) is 5.28 Å². The van der Waals surface area contributed by atoms with E-state index in [9.17, 15) is 0 Å². The summed E-state index contributed by atoms with van der Waals surface area (Å²) in [7, 11) is 0. The Kier molecular flexibility index (Phi) is 3.85. The van der Waals surface area contributed by atoms with Crippen LogP contribution in [-0.4, -0.2) is 45.8 Å². The second kappa shape index (κ2) is 6.14. The van der Waals surface area contributed by atoms with Crippen molar-refractivity contribution in [2.75, 3.05) is 31.2 Å². The quantitative estimate of drug-likeness (QED) is 0.690. The Morgan fingerprint density at radius 2 is 1.87 bits per heavy atom. The van der Waals surface area contributed by atoms with E-state index < -0.39 is 0 Å². The summed E-state index contributed by atoms with van der Waals surface area (Å²) in [5, 5.41) is 0.226. The van der Waals surface area contributed by atoms with Gasteiger partial charge in [0.15, 0.2) is 11.5 Å². The Labute approximate surface area is 138 Å². The van der Waals surface area contributed by atoms with Gasteiger partial charge in [0, 0.05) is 19.6 Å². The molecule has 118 valence electrons. The van der Waals surface area contributed by atoms with E-state index in [1.165, 1.54) is 5.56 Å². The lowest BCUT2D eigenvalue weighted by molar-refractivity contribution is 0.122. The summed E-state index contributed by atoms with van der Waals surface area (Å²) in [6, 6.07) is 10.3. The molecule has 23 heavy (non-hydrogen) atoms. The molecule has 4 rings (SSSR count). The number of morpholine rings is 1. The molecule has 0 bridgehead atoms. The van der Waals surface area contributed by atoms with Crippen molar-refractivity contribution in [1.82, 2.24) is 19.5 Å². The summed E-state index contributed by atoms with van der Waals surface area (Å²) < 4.78 is 7.51. The first-order valence-electron chi connectivity index (χ1n) is 7.56. The molecule has 0 radical (unpaired) electrons. The molecule has 2 aromatic heterocycles. The van der Waals surface area contributed by atoms with Crippen LogP contribution < -0.4 is 4.90 Å². The normalized spacial score (nSPS) is 15.3. The predicted octanol–water partition coefficient (Wildman–Crippen LogP) is 2.36. The summed E-state index contributed by atoms with van der Waals surface area (Å²) in [6.07, 6.45) is 1.80. The van der Waals surface area contributed by atoms with E-state index in [-0.39, 0.29) is 5.28 Å². The van der Waals surface area contributed by atoms with E-state index in [1.807, 2.05) is 18.2 Å². The molecule has 0 unspecified atom stereocenters. The average Bonchev–Trinajstić information content (AvgIpc) is 2.98. The van der Waals surface area contributed by atoms with E-state index >= 15 is 0 Å². The van der Waals surface area contributed by atoms with E-state index in [4.69, 9.17) is 16.3 Å². The van der Waals surface area contributed by atoms with Gasteiger partial charge in [-0.3, -0.25) is 0 Å². The van der Waals surface area contributed by atoms with Gasteiger partial charge >= 0.3 is 0 Å². The molecule has 0 N–H and O–H groups in total. The van der Waals surface area contributed by atoms with Crippen LogP contribution in [0.5, 0.6) is 0 Å². The molecule has 0 amide bonds. The first-order chi connectivity index (χ1) is 11.3. The van der Waals surface area contributed by atoms with Crippen LogP contribution in [0.25, 0.3) is 11.2 Å². The number of aromatic nitrogens is 4. The van der Waals surface area contributed by atoms with Gasteiger partial charge in [-0.25, -0.2) is 4.98 Å². The molecule has 0 aliphatic carbocycles. The Hall–Kier alpha value is -2.18. The van der Waals surface area contributed by atoms with E-state index in [2.05, 4.69) is 36.6 Å². The van der Waals surface area contributed by atoms with Gasteiger partial charge in [-0.1, -0.05) is 30.3 Å². The zero-order valence-corrected chi connectivity index (χ0v) is 13.3. The van der Waals surface area contributed by atoms with Crippen molar-refractivity contribution in [1.29, 1.82) is 0 Å². The molecule has 1 aliphatic heterocycles. The van der Waals surface area contributed by atoms with Crippen molar-refractivity contribution in [3.63, 3.8) is 0 Å². The minimum atomic E-state index is 0.226. The SMILES string of the molecule is Clc1nc(N2CCOCC2)c2c(ncn2Cc2ccccc2)n1. The van der Waals surface area contributed by atoms with Crippen molar-refractivity contribution >= 4 is 28.6 Å². The summed E-state index contributed by atoms with van der Waals surface area (Å²) in [5.41, 5.74) is 2.75. The van der Waals surface area contributed by atoms with Gasteiger partial charge in [0.25, 0.3) is 0 Å². The lowest BCUT2D eigenvalue weighted by atomic mass is 10.2. The molecule has 0 spiro atoms. The molecular weight excluding hydrogens is 314 g/mol. The number of rotatable bonds is 3. The fourth-order valence-electron chi connectivity index (χ4n) is 2.83. The van der Waals surface area contributed by atoms with Gasteiger partial charge in [-0.2, -0.15) is 9.97 Å². The summed E-state index contributed by atoms with van der Waals surface area (Å²) in [6.45, 7) is 3.68. The van der Waals surface area contributed by atoms with Crippen LogP contribution in [0.3, 0.4) is 0 Å². The fourth-order valence-corrected chi connectivity index (χ4v) is 2.99. The predicted molar refractivity (Wildman–Crippen MR) is 88.9 cm³/mol. The van der Waals surface area contributed by atoms with Crippen molar-refractivity contribution < 1.29 is 4.74 Å². The Balaban J connectivity index is 1.79.